The third-order valence-electron chi connectivity index (χ3n) is 11.1. The Morgan fingerprint density at radius 1 is 0.377 bits per heavy atom. The van der Waals surface area contributed by atoms with Crippen molar-refractivity contribution in [2.45, 2.75) is 0 Å². The monoisotopic (exact) mass is 692 g/mol. The molecular weight excluding hydrogens is 665 g/mol. The zero-order valence-corrected chi connectivity index (χ0v) is 29.2. The van der Waals surface area contributed by atoms with Crippen LogP contribution in [-0.2, 0) is 0 Å². The van der Waals surface area contributed by atoms with E-state index in [1.807, 2.05) is 23.7 Å². The zero-order valence-electron chi connectivity index (χ0n) is 28.4. The molecule has 3 heterocycles. The summed E-state index contributed by atoms with van der Waals surface area (Å²) in [6, 6.07) is 59.0. The highest BCUT2D eigenvalue weighted by Gasteiger charge is 2.26. The fourth-order valence-electron chi connectivity index (χ4n) is 8.92. The van der Waals surface area contributed by atoms with Crippen molar-refractivity contribution in [1.29, 1.82) is 0 Å². The number of thiophene rings is 1. The quantitative estimate of drug-likeness (QED) is 0.172. The van der Waals surface area contributed by atoms with Crippen LogP contribution in [0.2, 0.25) is 0 Å². The van der Waals surface area contributed by atoms with Gasteiger partial charge in [0.05, 0.1) is 6.26 Å². The van der Waals surface area contributed by atoms with Crippen molar-refractivity contribution in [1.82, 2.24) is 0 Å². The summed E-state index contributed by atoms with van der Waals surface area (Å²) in [6.45, 7) is 0. The Labute approximate surface area is 307 Å². The second-order valence-electron chi connectivity index (χ2n) is 13.9. The normalized spacial score (nSPS) is 12.2. The molecule has 0 atom stereocenters. The van der Waals surface area contributed by atoms with Gasteiger partial charge in [0.1, 0.15) is 16.7 Å². The van der Waals surface area contributed by atoms with E-state index in [0.717, 1.165) is 55.2 Å². The Hall–Kier alpha value is -6.68. The standard InChI is InChI=1S/C50H28O2S/c1-2-15-30-29(13-1)14-11-22-31(30)41-28-51-49-40(27-43-47(48(41)49)38-21-7-9-25-42(38)52-43)46-35-19-5-3-17-33(35)45(34-18-4-6-20-36(34)46)39-24-12-23-37-32-16-8-10-26-44(32)53-50(37)39/h1-28H. The molecule has 0 saturated heterocycles. The summed E-state index contributed by atoms with van der Waals surface area (Å²) in [5.41, 5.74) is 9.49. The third kappa shape index (κ3) is 4.03. The van der Waals surface area contributed by atoms with Gasteiger partial charge in [-0.25, -0.2) is 0 Å². The summed E-state index contributed by atoms with van der Waals surface area (Å²) in [5.74, 6) is 0. The van der Waals surface area contributed by atoms with Crippen molar-refractivity contribution < 1.29 is 8.83 Å². The van der Waals surface area contributed by atoms with Crippen LogP contribution < -0.4 is 0 Å². The number of para-hydroxylation sites is 1. The highest BCUT2D eigenvalue weighted by atomic mass is 32.1. The number of fused-ring (bicyclic) bond motifs is 11. The van der Waals surface area contributed by atoms with Crippen LogP contribution in [-0.4, -0.2) is 0 Å². The van der Waals surface area contributed by atoms with E-state index in [2.05, 4.69) is 158 Å². The molecule has 0 fully saturated rings. The van der Waals surface area contributed by atoms with Gasteiger partial charge >= 0.3 is 0 Å². The lowest BCUT2D eigenvalue weighted by Crippen LogP contribution is -1.91. The number of hydrogen-bond donors (Lipinski definition) is 0. The van der Waals surface area contributed by atoms with Crippen molar-refractivity contribution in [3.63, 3.8) is 0 Å². The molecule has 0 bridgehead atoms. The molecule has 0 amide bonds. The molecule has 12 aromatic rings. The average molecular weight is 693 g/mol. The number of hydrogen-bond acceptors (Lipinski definition) is 3. The van der Waals surface area contributed by atoms with Crippen LogP contribution in [0.25, 0.3) is 119 Å². The highest BCUT2D eigenvalue weighted by Crippen LogP contribution is 2.51. The van der Waals surface area contributed by atoms with Gasteiger partial charge in [-0.15, -0.1) is 11.3 Å². The van der Waals surface area contributed by atoms with Crippen molar-refractivity contribution in [3.05, 3.63) is 170 Å². The molecule has 12 rings (SSSR count). The Morgan fingerprint density at radius 3 is 1.72 bits per heavy atom. The Bertz CT molecular complexity index is 3400. The Balaban J connectivity index is 1.24. The van der Waals surface area contributed by atoms with E-state index in [-0.39, 0.29) is 0 Å². The average Bonchev–Trinajstić information content (AvgIpc) is 3.93. The summed E-state index contributed by atoms with van der Waals surface area (Å²) in [4.78, 5) is 0. The number of benzene rings is 9. The molecule has 0 N–H and O–H groups in total. The van der Waals surface area contributed by atoms with Gasteiger partial charge in [0.25, 0.3) is 0 Å². The van der Waals surface area contributed by atoms with Crippen LogP contribution in [0.1, 0.15) is 0 Å². The molecule has 3 heteroatoms. The summed E-state index contributed by atoms with van der Waals surface area (Å²) < 4.78 is 16.2. The molecule has 0 aliphatic rings. The third-order valence-corrected chi connectivity index (χ3v) is 12.4. The molecule has 0 unspecified atom stereocenters. The van der Waals surface area contributed by atoms with Gasteiger partial charge in [0, 0.05) is 58.6 Å². The minimum atomic E-state index is 0.851. The molecule has 0 radical (unpaired) electrons. The molecule has 0 saturated carbocycles. The molecule has 2 nitrogen and oxygen atoms in total. The van der Waals surface area contributed by atoms with Crippen LogP contribution in [0.3, 0.4) is 0 Å². The lowest BCUT2D eigenvalue weighted by molar-refractivity contribution is 0.617. The molecule has 53 heavy (non-hydrogen) atoms. The second kappa shape index (κ2) is 10.9. The first-order valence-electron chi connectivity index (χ1n) is 18.0. The van der Waals surface area contributed by atoms with E-state index >= 15 is 0 Å². The first kappa shape index (κ1) is 29.0. The van der Waals surface area contributed by atoms with Gasteiger partial charge in [-0.05, 0) is 61.6 Å². The summed E-state index contributed by atoms with van der Waals surface area (Å²) >= 11 is 1.88. The SMILES string of the molecule is c1ccc2c(-c3coc4c(-c5c6ccccc6c(-c6cccc7c6sc6ccccc67)c6ccccc56)cc5oc6ccccc6c5c34)cccc2c1. The minimum Gasteiger partial charge on any atom is -0.463 e. The van der Waals surface area contributed by atoms with Crippen LogP contribution in [0.15, 0.2) is 179 Å². The molecule has 3 aromatic heterocycles. The number of rotatable bonds is 3. The summed E-state index contributed by atoms with van der Waals surface area (Å²) in [6.07, 6.45) is 1.96. The van der Waals surface area contributed by atoms with Crippen LogP contribution in [0.4, 0.5) is 0 Å². The van der Waals surface area contributed by atoms with Crippen LogP contribution in [0, 0.1) is 0 Å². The smallest absolute Gasteiger partial charge is 0.143 e. The van der Waals surface area contributed by atoms with Gasteiger partial charge in [-0.1, -0.05) is 146 Å². The summed E-state index contributed by atoms with van der Waals surface area (Å²) in [5, 5.41) is 13.0. The van der Waals surface area contributed by atoms with Gasteiger partial charge in [-0.2, -0.15) is 0 Å². The molecule has 9 aromatic carbocycles. The van der Waals surface area contributed by atoms with Crippen molar-refractivity contribution in [3.8, 4) is 33.4 Å². The highest BCUT2D eigenvalue weighted by molar-refractivity contribution is 7.26. The van der Waals surface area contributed by atoms with E-state index in [9.17, 15) is 0 Å². The Kier molecular flexibility index (Phi) is 5.96. The topological polar surface area (TPSA) is 26.3 Å². The van der Waals surface area contributed by atoms with E-state index in [4.69, 9.17) is 8.83 Å². The van der Waals surface area contributed by atoms with E-state index < -0.39 is 0 Å². The lowest BCUT2D eigenvalue weighted by atomic mass is 9.84. The van der Waals surface area contributed by atoms with Crippen molar-refractivity contribution in [2.24, 2.45) is 0 Å². The first-order chi connectivity index (χ1) is 26.3. The van der Waals surface area contributed by atoms with Crippen molar-refractivity contribution in [2.75, 3.05) is 0 Å². The van der Waals surface area contributed by atoms with Crippen LogP contribution >= 0.6 is 11.3 Å². The maximum Gasteiger partial charge on any atom is 0.143 e. The lowest BCUT2D eigenvalue weighted by Gasteiger charge is -2.18. The van der Waals surface area contributed by atoms with E-state index in [1.54, 1.807) is 0 Å². The van der Waals surface area contributed by atoms with Gasteiger partial charge < -0.3 is 8.83 Å². The molecule has 0 spiro atoms. The predicted molar refractivity (Wildman–Crippen MR) is 225 cm³/mol. The van der Waals surface area contributed by atoms with E-state index in [0.29, 0.717) is 0 Å². The largest absolute Gasteiger partial charge is 0.463 e. The van der Waals surface area contributed by atoms with Gasteiger partial charge in [-0.3, -0.25) is 0 Å². The molecular formula is C50H28O2S. The predicted octanol–water partition coefficient (Wildman–Crippen LogP) is 15.2. The fourth-order valence-corrected chi connectivity index (χ4v) is 10.1. The maximum atomic E-state index is 6.83. The van der Waals surface area contributed by atoms with Gasteiger partial charge in [0.15, 0.2) is 0 Å². The second-order valence-corrected chi connectivity index (χ2v) is 14.9. The number of furan rings is 2. The fraction of sp³-hybridized carbons (Fsp3) is 0. The first-order valence-corrected chi connectivity index (χ1v) is 18.8. The van der Waals surface area contributed by atoms with E-state index in [1.165, 1.54) is 63.6 Å². The summed E-state index contributed by atoms with van der Waals surface area (Å²) in [7, 11) is 0. The van der Waals surface area contributed by atoms with Gasteiger partial charge in [0.2, 0.25) is 0 Å². The maximum absolute atomic E-state index is 6.83. The minimum absolute atomic E-state index is 0.851. The van der Waals surface area contributed by atoms with Crippen molar-refractivity contribution >= 4 is 96.7 Å². The molecule has 0 aliphatic carbocycles. The zero-order chi connectivity index (χ0) is 34.6. The molecule has 0 aliphatic heterocycles. The molecule has 246 valence electrons. The van der Waals surface area contributed by atoms with Crippen LogP contribution in [0.5, 0.6) is 0 Å². The Morgan fingerprint density at radius 2 is 0.943 bits per heavy atom.